The molecule has 2 aromatic carbocycles. The van der Waals surface area contributed by atoms with Gasteiger partial charge in [0, 0.05) is 61.8 Å². The Hall–Kier alpha value is -4.23. The van der Waals surface area contributed by atoms with E-state index in [4.69, 9.17) is 9.72 Å². The number of ether oxygens (including phenoxy) is 1. The van der Waals surface area contributed by atoms with Crippen LogP contribution in [0.3, 0.4) is 0 Å². The summed E-state index contributed by atoms with van der Waals surface area (Å²) in [7, 11) is 0. The Morgan fingerprint density at radius 1 is 1.13 bits per heavy atom. The van der Waals surface area contributed by atoms with E-state index in [0.29, 0.717) is 49.2 Å². The molecule has 10 nitrogen and oxygen atoms in total. The number of fused-ring (bicyclic) bond motifs is 5. The number of hydrogen-bond donors (Lipinski definition) is 2. The van der Waals surface area contributed by atoms with Gasteiger partial charge in [-0.1, -0.05) is 12.1 Å². The Kier molecular flexibility index (Phi) is 6.56. The fourth-order valence-electron chi connectivity index (χ4n) is 8.56. The van der Waals surface area contributed by atoms with Crippen LogP contribution in [0.25, 0.3) is 32.9 Å². The number of piperazine rings is 1. The molecule has 9 rings (SSSR count). The van der Waals surface area contributed by atoms with Gasteiger partial charge in [-0.15, -0.1) is 0 Å². The number of hydrogen-bond acceptors (Lipinski definition) is 9. The molecular formula is C34H34F3N7O3. The lowest BCUT2D eigenvalue weighted by atomic mass is 9.95. The summed E-state index contributed by atoms with van der Waals surface area (Å²) in [5.74, 6) is -0.954. The van der Waals surface area contributed by atoms with E-state index in [9.17, 15) is 14.3 Å². The van der Waals surface area contributed by atoms with E-state index in [0.717, 1.165) is 32.2 Å². The summed E-state index contributed by atoms with van der Waals surface area (Å²) in [6.07, 6.45) is 4.38. The number of aromatic hydroxyl groups is 1. The highest BCUT2D eigenvalue weighted by atomic mass is 19.1. The van der Waals surface area contributed by atoms with Crippen LogP contribution < -0.4 is 15.0 Å². The van der Waals surface area contributed by atoms with Crippen LogP contribution in [0.4, 0.5) is 19.0 Å². The number of nitrogens with zero attached hydrogens (tertiary/aromatic N) is 6. The Morgan fingerprint density at radius 2 is 1.94 bits per heavy atom. The normalized spacial score (nSPS) is 28.4. The second kappa shape index (κ2) is 10.6. The maximum Gasteiger partial charge on any atom is 0.319 e. The first kappa shape index (κ1) is 29.0. The van der Waals surface area contributed by atoms with E-state index >= 15 is 8.78 Å². The number of halogens is 3. The van der Waals surface area contributed by atoms with E-state index in [1.165, 1.54) is 30.5 Å². The molecule has 5 saturated heterocycles. The van der Waals surface area contributed by atoms with Crippen molar-refractivity contribution in [3.8, 4) is 23.0 Å². The number of benzene rings is 2. The van der Waals surface area contributed by atoms with Crippen LogP contribution in [0, 0.1) is 11.6 Å². The molecule has 0 unspecified atom stereocenters. The molecule has 2 bridgehead atoms. The van der Waals surface area contributed by atoms with Crippen LogP contribution >= 0.6 is 0 Å². The van der Waals surface area contributed by atoms with Crippen molar-refractivity contribution in [1.29, 1.82) is 0 Å². The molecule has 0 aliphatic carbocycles. The van der Waals surface area contributed by atoms with Crippen molar-refractivity contribution in [2.45, 2.75) is 61.9 Å². The average Bonchev–Trinajstić information content (AvgIpc) is 3.69. The lowest BCUT2D eigenvalue weighted by Crippen LogP contribution is -2.57. The first-order chi connectivity index (χ1) is 22.8. The van der Waals surface area contributed by atoms with Gasteiger partial charge in [0.25, 0.3) is 0 Å². The minimum absolute atomic E-state index is 0.0114. The van der Waals surface area contributed by atoms with Gasteiger partial charge in [0.1, 0.15) is 41.4 Å². The molecule has 5 aliphatic heterocycles. The molecule has 47 heavy (non-hydrogen) atoms. The second-order valence-corrected chi connectivity index (χ2v) is 13.7. The van der Waals surface area contributed by atoms with Crippen LogP contribution in [0.1, 0.15) is 32.1 Å². The molecule has 0 spiro atoms. The molecule has 5 fully saturated rings. The average molecular weight is 646 g/mol. The Morgan fingerprint density at radius 3 is 2.72 bits per heavy atom. The van der Waals surface area contributed by atoms with E-state index in [2.05, 4.69) is 25.1 Å². The zero-order valence-corrected chi connectivity index (χ0v) is 25.6. The summed E-state index contributed by atoms with van der Waals surface area (Å²) >= 11 is 0. The highest BCUT2D eigenvalue weighted by Crippen LogP contribution is 2.42. The summed E-state index contributed by atoms with van der Waals surface area (Å²) < 4.78 is 52.7. The summed E-state index contributed by atoms with van der Waals surface area (Å²) in [5, 5.41) is 14.5. The van der Waals surface area contributed by atoms with E-state index in [-0.39, 0.29) is 64.6 Å². The molecule has 13 heteroatoms. The highest BCUT2D eigenvalue weighted by Gasteiger charge is 2.50. The topological polar surface area (TPSA) is 117 Å². The minimum atomic E-state index is -0.934. The SMILES string of the molecule is O=C([C@H]1CN1)N1[C@@H]2CC[C@H]1CN(c1nc(OC[C@@]34CCCN3C[C@H](F)C4)nc3c(F)c(-c4cc(O)cc5cccc(F)c45)ncc13)C2. The number of alkyl halides is 1. The number of phenols is 1. The molecule has 0 radical (unpaired) electrons. The first-order valence-corrected chi connectivity index (χ1v) is 16.4. The van der Waals surface area contributed by atoms with Crippen molar-refractivity contribution in [3.05, 3.63) is 48.2 Å². The zero-order valence-electron chi connectivity index (χ0n) is 25.6. The molecule has 0 saturated carbocycles. The number of pyridine rings is 1. The van der Waals surface area contributed by atoms with E-state index < -0.39 is 23.3 Å². The van der Waals surface area contributed by atoms with Crippen molar-refractivity contribution in [2.24, 2.45) is 0 Å². The predicted octanol–water partition coefficient (Wildman–Crippen LogP) is 3.94. The lowest BCUT2D eigenvalue weighted by Gasteiger charge is -2.42. The molecule has 5 atom stereocenters. The molecule has 7 heterocycles. The molecular weight excluding hydrogens is 611 g/mol. The molecule has 2 aromatic heterocycles. The first-order valence-electron chi connectivity index (χ1n) is 16.4. The van der Waals surface area contributed by atoms with Crippen LogP contribution in [-0.4, -0.2) is 105 Å². The predicted molar refractivity (Wildman–Crippen MR) is 168 cm³/mol. The van der Waals surface area contributed by atoms with Gasteiger partial charge in [0.15, 0.2) is 5.82 Å². The summed E-state index contributed by atoms with van der Waals surface area (Å²) in [6.45, 7) is 3.05. The van der Waals surface area contributed by atoms with E-state index in [1.807, 2.05) is 4.90 Å². The van der Waals surface area contributed by atoms with Crippen LogP contribution in [-0.2, 0) is 4.79 Å². The van der Waals surface area contributed by atoms with E-state index in [1.54, 1.807) is 6.07 Å². The third-order valence-electron chi connectivity index (χ3n) is 10.8. The van der Waals surface area contributed by atoms with Gasteiger partial charge in [0.05, 0.1) is 17.0 Å². The summed E-state index contributed by atoms with van der Waals surface area (Å²) in [5.41, 5.74) is -0.575. The fourth-order valence-corrected chi connectivity index (χ4v) is 8.56. The Balaban J connectivity index is 1.14. The molecule has 244 valence electrons. The summed E-state index contributed by atoms with van der Waals surface area (Å²) in [6, 6.07) is 6.99. The van der Waals surface area contributed by atoms with Gasteiger partial charge in [0.2, 0.25) is 5.91 Å². The van der Waals surface area contributed by atoms with Crippen molar-refractivity contribution in [3.63, 3.8) is 0 Å². The Labute approximate surface area is 268 Å². The number of carbonyl (C=O) groups excluding carboxylic acids is 1. The van der Waals surface area contributed by atoms with Crippen molar-refractivity contribution in [1.82, 2.24) is 30.1 Å². The van der Waals surface area contributed by atoms with Gasteiger partial charge in [-0.25, -0.2) is 13.2 Å². The zero-order chi connectivity index (χ0) is 32.0. The maximum absolute atomic E-state index is 16.8. The molecule has 2 N–H and O–H groups in total. The van der Waals surface area contributed by atoms with Crippen molar-refractivity contribution < 1.29 is 27.8 Å². The van der Waals surface area contributed by atoms with Gasteiger partial charge in [-0.3, -0.25) is 14.7 Å². The van der Waals surface area contributed by atoms with Crippen LogP contribution in [0.5, 0.6) is 11.8 Å². The third kappa shape index (κ3) is 4.68. The minimum Gasteiger partial charge on any atom is -0.508 e. The van der Waals surface area contributed by atoms with Crippen LogP contribution in [0.2, 0.25) is 0 Å². The third-order valence-corrected chi connectivity index (χ3v) is 10.8. The monoisotopic (exact) mass is 645 g/mol. The molecule has 5 aliphatic rings. The fraction of sp³-hybridized carbons (Fsp3) is 0.471. The Bertz CT molecular complexity index is 1930. The van der Waals surface area contributed by atoms with Crippen molar-refractivity contribution >= 4 is 33.4 Å². The second-order valence-electron chi connectivity index (χ2n) is 13.7. The number of rotatable bonds is 6. The number of aromatic nitrogens is 3. The largest absolute Gasteiger partial charge is 0.508 e. The van der Waals surface area contributed by atoms with Crippen LogP contribution in [0.15, 0.2) is 36.5 Å². The number of phenolic OH excluding ortho intramolecular Hbond substituents is 1. The molecule has 1 amide bonds. The highest BCUT2D eigenvalue weighted by molar-refractivity contribution is 6.00. The van der Waals surface area contributed by atoms with Gasteiger partial charge < -0.3 is 25.0 Å². The smallest absolute Gasteiger partial charge is 0.319 e. The standard InChI is InChI=1S/C34H34F3N7O3/c35-19-11-34(7-2-8-43(34)14-19)17-47-33-40-30-24(31(41-33)42-15-20-5-6-21(16-42)44(20)32(46)26-13-38-26)12-39-29(28(30)37)23-10-22(45)9-18-3-1-4-25(36)27(18)23/h1,3-4,9-10,12,19-21,26,38,45H,2,5-8,11,13-17H2/t19-,20-,21+,26-,34+/m1/s1. The van der Waals surface area contributed by atoms with Crippen molar-refractivity contribution in [2.75, 3.05) is 44.2 Å². The maximum atomic E-state index is 16.8. The van der Waals surface area contributed by atoms with Gasteiger partial charge >= 0.3 is 6.01 Å². The lowest BCUT2D eigenvalue weighted by molar-refractivity contribution is -0.133. The van der Waals surface area contributed by atoms with Gasteiger partial charge in [-0.05, 0) is 55.8 Å². The van der Waals surface area contributed by atoms with Gasteiger partial charge in [-0.2, -0.15) is 9.97 Å². The number of anilines is 1. The number of nitrogens with one attached hydrogen (secondary N) is 1. The number of amides is 1. The summed E-state index contributed by atoms with van der Waals surface area (Å²) in [4.78, 5) is 33.1. The quantitative estimate of drug-likeness (QED) is 0.301. The molecule has 4 aromatic rings. The number of carbonyl (C=O) groups is 1.